The Labute approximate surface area is 65.4 Å². The average Bonchev–Trinajstić information content (AvgIpc) is 2.40. The summed E-state index contributed by atoms with van der Waals surface area (Å²) in [7, 11) is 0. The summed E-state index contributed by atoms with van der Waals surface area (Å²) in [6, 6.07) is 0. The Morgan fingerprint density at radius 2 is 2.70 bits per heavy atom. The second-order valence-electron chi connectivity index (χ2n) is 1.52. The molecule has 1 amide bonds. The highest BCUT2D eigenvalue weighted by molar-refractivity contribution is 9.09. The number of nitrogens with one attached hydrogen (secondary N) is 2. The molecule has 0 unspecified atom stereocenters. The summed E-state index contributed by atoms with van der Waals surface area (Å²) in [4.78, 5) is 14.3. The fourth-order valence-corrected chi connectivity index (χ4v) is 0.571. The Morgan fingerprint density at radius 3 is 3.20 bits per heavy atom. The molecule has 0 bridgehead atoms. The molecule has 0 aliphatic rings. The molecule has 0 radical (unpaired) electrons. The van der Waals surface area contributed by atoms with E-state index in [1.165, 1.54) is 6.33 Å². The van der Waals surface area contributed by atoms with Crippen LogP contribution in [0.2, 0.25) is 0 Å². The number of aromatic nitrogens is 3. The maximum atomic E-state index is 10.6. The minimum absolute atomic E-state index is 0.156. The van der Waals surface area contributed by atoms with Crippen molar-refractivity contribution in [1.82, 2.24) is 15.2 Å². The van der Waals surface area contributed by atoms with E-state index in [1.807, 2.05) is 0 Å². The predicted molar refractivity (Wildman–Crippen MR) is 38.8 cm³/mol. The first-order valence-electron chi connectivity index (χ1n) is 2.54. The lowest BCUT2D eigenvalue weighted by molar-refractivity contribution is -0.113. The molecule has 0 saturated heterocycles. The van der Waals surface area contributed by atoms with Gasteiger partial charge in [0, 0.05) is 0 Å². The third-order valence-corrected chi connectivity index (χ3v) is 1.30. The van der Waals surface area contributed by atoms with Gasteiger partial charge in [-0.05, 0) is 0 Å². The molecule has 2 N–H and O–H groups in total. The molecular formula is C4H5BrN4O. The summed E-state index contributed by atoms with van der Waals surface area (Å²) in [6.45, 7) is 0. The van der Waals surface area contributed by atoms with Crippen LogP contribution in [-0.4, -0.2) is 26.4 Å². The topological polar surface area (TPSA) is 70.7 Å². The standard InChI is InChI=1S/C4H5BrN4O/c5-1-3(10)8-4-6-2-7-9-4/h2H,1H2,(H2,6,7,8,9,10). The quantitative estimate of drug-likeness (QED) is 0.674. The van der Waals surface area contributed by atoms with Gasteiger partial charge in [-0.3, -0.25) is 10.1 Å². The highest BCUT2D eigenvalue weighted by Gasteiger charge is 1.99. The highest BCUT2D eigenvalue weighted by Crippen LogP contribution is 1.92. The zero-order valence-corrected chi connectivity index (χ0v) is 6.55. The Balaban J connectivity index is 2.48. The second kappa shape index (κ2) is 3.31. The molecule has 0 aromatic carbocycles. The molecule has 0 atom stereocenters. The van der Waals surface area contributed by atoms with Gasteiger partial charge >= 0.3 is 0 Å². The van der Waals surface area contributed by atoms with Crippen LogP contribution in [0.5, 0.6) is 0 Å². The molecule has 1 aromatic heterocycles. The van der Waals surface area contributed by atoms with Gasteiger partial charge in [0.1, 0.15) is 6.33 Å². The lowest BCUT2D eigenvalue weighted by atomic mass is 10.7. The molecule has 5 nitrogen and oxygen atoms in total. The molecule has 0 saturated carbocycles. The van der Waals surface area contributed by atoms with E-state index in [4.69, 9.17) is 0 Å². The maximum Gasteiger partial charge on any atom is 0.237 e. The number of nitrogens with zero attached hydrogens (tertiary/aromatic N) is 2. The van der Waals surface area contributed by atoms with Gasteiger partial charge in [0.2, 0.25) is 11.9 Å². The first-order valence-corrected chi connectivity index (χ1v) is 3.66. The number of amides is 1. The summed E-state index contributed by atoms with van der Waals surface area (Å²) in [5.74, 6) is 0.209. The summed E-state index contributed by atoms with van der Waals surface area (Å²) in [6.07, 6.45) is 1.32. The van der Waals surface area contributed by atoms with Crippen LogP contribution in [-0.2, 0) is 4.79 Å². The number of carbonyl (C=O) groups excluding carboxylic acids is 1. The lowest BCUT2D eigenvalue weighted by Crippen LogP contribution is -2.13. The van der Waals surface area contributed by atoms with E-state index in [-0.39, 0.29) is 11.2 Å². The Morgan fingerprint density at radius 1 is 1.90 bits per heavy atom. The number of hydrogen-bond donors (Lipinski definition) is 2. The lowest BCUT2D eigenvalue weighted by Gasteiger charge is -1.93. The van der Waals surface area contributed by atoms with E-state index in [1.54, 1.807) is 0 Å². The molecule has 1 rings (SSSR count). The molecule has 10 heavy (non-hydrogen) atoms. The first-order chi connectivity index (χ1) is 4.83. The zero-order valence-electron chi connectivity index (χ0n) is 4.97. The van der Waals surface area contributed by atoms with Crippen molar-refractivity contribution in [1.29, 1.82) is 0 Å². The molecular weight excluding hydrogens is 200 g/mol. The van der Waals surface area contributed by atoms with E-state index in [0.29, 0.717) is 5.95 Å². The van der Waals surface area contributed by atoms with Gasteiger partial charge in [-0.1, -0.05) is 15.9 Å². The summed E-state index contributed by atoms with van der Waals surface area (Å²) in [5, 5.41) is 8.75. The number of H-pyrrole nitrogens is 1. The van der Waals surface area contributed by atoms with Crippen LogP contribution in [0.3, 0.4) is 0 Å². The molecule has 6 heteroatoms. The van der Waals surface area contributed by atoms with Crippen molar-refractivity contribution in [3.63, 3.8) is 0 Å². The third kappa shape index (κ3) is 1.80. The van der Waals surface area contributed by atoms with Crippen LogP contribution in [0.25, 0.3) is 0 Å². The zero-order chi connectivity index (χ0) is 7.40. The van der Waals surface area contributed by atoms with E-state index >= 15 is 0 Å². The molecule has 0 aliphatic carbocycles. The number of carbonyl (C=O) groups is 1. The van der Waals surface area contributed by atoms with Crippen molar-refractivity contribution in [3.05, 3.63) is 6.33 Å². The summed E-state index contributed by atoms with van der Waals surface area (Å²) >= 11 is 2.99. The van der Waals surface area contributed by atoms with Crippen molar-refractivity contribution in [3.8, 4) is 0 Å². The first kappa shape index (κ1) is 7.20. The second-order valence-corrected chi connectivity index (χ2v) is 2.08. The van der Waals surface area contributed by atoms with Gasteiger partial charge < -0.3 is 0 Å². The molecule has 54 valence electrons. The molecule has 0 aliphatic heterocycles. The van der Waals surface area contributed by atoms with Crippen LogP contribution >= 0.6 is 15.9 Å². The van der Waals surface area contributed by atoms with Crippen molar-refractivity contribution in [2.75, 3.05) is 10.6 Å². The van der Waals surface area contributed by atoms with Gasteiger partial charge in [-0.15, -0.1) is 0 Å². The van der Waals surface area contributed by atoms with Crippen LogP contribution in [0, 0.1) is 0 Å². The van der Waals surface area contributed by atoms with Crippen LogP contribution in [0.1, 0.15) is 0 Å². The monoisotopic (exact) mass is 204 g/mol. The molecule has 1 aromatic rings. The van der Waals surface area contributed by atoms with Crippen molar-refractivity contribution in [2.24, 2.45) is 0 Å². The fourth-order valence-electron chi connectivity index (χ4n) is 0.431. The molecule has 0 fully saturated rings. The van der Waals surface area contributed by atoms with Gasteiger partial charge in [0.25, 0.3) is 0 Å². The highest BCUT2D eigenvalue weighted by atomic mass is 79.9. The van der Waals surface area contributed by atoms with Crippen LogP contribution in [0.4, 0.5) is 5.95 Å². The van der Waals surface area contributed by atoms with E-state index in [9.17, 15) is 4.79 Å². The van der Waals surface area contributed by atoms with Crippen LogP contribution in [0.15, 0.2) is 6.33 Å². The SMILES string of the molecule is O=C(CBr)Nc1ncn[nH]1. The van der Waals surface area contributed by atoms with Crippen molar-refractivity contribution < 1.29 is 4.79 Å². The smallest absolute Gasteiger partial charge is 0.237 e. The Hall–Kier alpha value is -0.910. The normalized spacial score (nSPS) is 9.30. The Bertz CT molecular complexity index is 209. The van der Waals surface area contributed by atoms with E-state index in [0.717, 1.165) is 0 Å². The Kier molecular flexibility index (Phi) is 2.38. The van der Waals surface area contributed by atoms with Crippen molar-refractivity contribution >= 4 is 27.8 Å². The van der Waals surface area contributed by atoms with Crippen LogP contribution < -0.4 is 5.32 Å². The number of anilines is 1. The largest absolute Gasteiger partial charge is 0.294 e. The van der Waals surface area contributed by atoms with Crippen molar-refractivity contribution in [2.45, 2.75) is 0 Å². The fraction of sp³-hybridized carbons (Fsp3) is 0.250. The average molecular weight is 205 g/mol. The predicted octanol–water partition coefficient (Wildman–Crippen LogP) is 0.138. The van der Waals surface area contributed by atoms with Gasteiger partial charge in [-0.2, -0.15) is 10.1 Å². The third-order valence-electron chi connectivity index (χ3n) is 0.794. The molecule has 0 spiro atoms. The number of aromatic amines is 1. The van der Waals surface area contributed by atoms with Gasteiger partial charge in [0.15, 0.2) is 0 Å². The van der Waals surface area contributed by atoms with E-state index in [2.05, 4.69) is 36.4 Å². The minimum Gasteiger partial charge on any atom is -0.294 e. The molecule has 1 heterocycles. The number of hydrogen-bond acceptors (Lipinski definition) is 3. The number of alkyl halides is 1. The van der Waals surface area contributed by atoms with E-state index < -0.39 is 0 Å². The number of halogens is 1. The summed E-state index contributed by atoms with van der Waals surface area (Å²) < 4.78 is 0. The van der Waals surface area contributed by atoms with Gasteiger partial charge in [0.05, 0.1) is 5.33 Å². The minimum atomic E-state index is -0.156. The summed E-state index contributed by atoms with van der Waals surface area (Å²) in [5.41, 5.74) is 0. The van der Waals surface area contributed by atoms with Gasteiger partial charge in [-0.25, -0.2) is 5.10 Å². The number of rotatable bonds is 2. The maximum absolute atomic E-state index is 10.6.